The van der Waals surface area contributed by atoms with Crippen LogP contribution in [0.2, 0.25) is 0 Å². The van der Waals surface area contributed by atoms with Gasteiger partial charge in [-0.05, 0) is 32.1 Å². The second-order valence-corrected chi connectivity index (χ2v) is 6.78. The predicted octanol–water partition coefficient (Wildman–Crippen LogP) is 1.17. The van der Waals surface area contributed by atoms with Gasteiger partial charge in [0.25, 0.3) is 0 Å². The Kier molecular flexibility index (Phi) is 6.41. The molecule has 0 spiro atoms. The molecule has 1 N–H and O–H groups in total. The highest BCUT2D eigenvalue weighted by Crippen LogP contribution is 2.33. The van der Waals surface area contributed by atoms with E-state index in [-0.39, 0.29) is 30.9 Å². The molecule has 6 heteroatoms. The van der Waals surface area contributed by atoms with Crippen LogP contribution in [0.15, 0.2) is 0 Å². The topological polar surface area (TPSA) is 70.1 Å². The highest BCUT2D eigenvalue weighted by Gasteiger charge is 2.44. The van der Waals surface area contributed by atoms with Gasteiger partial charge in [0.05, 0.1) is 24.7 Å². The first kappa shape index (κ1) is 18.2. The van der Waals surface area contributed by atoms with Crippen LogP contribution < -0.4 is 0 Å². The molecule has 1 atom stereocenters. The zero-order valence-corrected chi connectivity index (χ0v) is 14.4. The molecule has 2 heterocycles. The van der Waals surface area contributed by atoms with Crippen LogP contribution >= 0.6 is 0 Å². The van der Waals surface area contributed by atoms with Gasteiger partial charge in [0.1, 0.15) is 0 Å². The lowest BCUT2D eigenvalue weighted by Crippen LogP contribution is -2.53. The molecule has 2 aliphatic heterocycles. The lowest BCUT2D eigenvalue weighted by molar-refractivity contribution is -0.142. The Bertz CT molecular complexity index is 421. The van der Waals surface area contributed by atoms with E-state index in [0.717, 1.165) is 32.3 Å². The number of amides is 2. The molecule has 2 saturated heterocycles. The fraction of sp³-hybridized carbons (Fsp3) is 0.882. The van der Waals surface area contributed by atoms with E-state index in [0.29, 0.717) is 26.1 Å². The van der Waals surface area contributed by atoms with Crippen molar-refractivity contribution in [3.63, 3.8) is 0 Å². The lowest BCUT2D eigenvalue weighted by Gasteiger charge is -2.39. The zero-order chi connectivity index (χ0) is 16.9. The van der Waals surface area contributed by atoms with Crippen molar-refractivity contribution >= 4 is 11.8 Å². The summed E-state index contributed by atoms with van der Waals surface area (Å²) in [5, 5.41) is 9.84. The maximum atomic E-state index is 12.6. The van der Waals surface area contributed by atoms with Crippen molar-refractivity contribution < 1.29 is 19.4 Å². The van der Waals surface area contributed by atoms with Crippen LogP contribution in [0.25, 0.3) is 0 Å². The molecule has 0 radical (unpaired) electrons. The first-order chi connectivity index (χ1) is 11.0. The van der Waals surface area contributed by atoms with E-state index in [9.17, 15) is 14.7 Å². The van der Waals surface area contributed by atoms with Crippen molar-refractivity contribution in [3.8, 4) is 0 Å². The molecule has 0 aromatic carbocycles. The molecule has 2 aliphatic rings. The molecule has 0 aromatic rings. The number of carbonyl (C=O) groups excluding carboxylic acids is 2. The van der Waals surface area contributed by atoms with E-state index in [1.807, 2.05) is 4.90 Å². The van der Waals surface area contributed by atoms with Gasteiger partial charge >= 0.3 is 0 Å². The Hall–Kier alpha value is -1.14. The molecule has 0 aliphatic carbocycles. The zero-order valence-electron chi connectivity index (χ0n) is 14.4. The summed E-state index contributed by atoms with van der Waals surface area (Å²) in [5.41, 5.74) is -0.696. The van der Waals surface area contributed by atoms with Gasteiger partial charge in [-0.1, -0.05) is 6.92 Å². The number of carbonyl (C=O) groups is 2. The fourth-order valence-corrected chi connectivity index (χ4v) is 3.78. The van der Waals surface area contributed by atoms with Crippen molar-refractivity contribution in [1.82, 2.24) is 9.80 Å². The van der Waals surface area contributed by atoms with Crippen LogP contribution in [0, 0.1) is 0 Å². The smallest absolute Gasteiger partial charge is 0.225 e. The number of hydrogen-bond acceptors (Lipinski definition) is 4. The number of piperidine rings is 1. The van der Waals surface area contributed by atoms with Gasteiger partial charge in [-0.3, -0.25) is 9.59 Å². The van der Waals surface area contributed by atoms with E-state index in [1.54, 1.807) is 4.90 Å². The van der Waals surface area contributed by atoms with E-state index in [2.05, 4.69) is 6.92 Å². The van der Waals surface area contributed by atoms with Crippen molar-refractivity contribution in [2.45, 2.75) is 64.0 Å². The van der Waals surface area contributed by atoms with Crippen LogP contribution in [-0.4, -0.2) is 71.2 Å². The Morgan fingerprint density at radius 2 is 1.96 bits per heavy atom. The lowest BCUT2D eigenvalue weighted by atomic mass is 9.91. The van der Waals surface area contributed by atoms with Crippen LogP contribution in [0.5, 0.6) is 0 Å². The largest absolute Gasteiger partial charge is 0.394 e. The Morgan fingerprint density at radius 3 is 2.52 bits per heavy atom. The van der Waals surface area contributed by atoms with Crippen molar-refractivity contribution in [2.24, 2.45) is 0 Å². The first-order valence-electron chi connectivity index (χ1n) is 8.81. The van der Waals surface area contributed by atoms with Gasteiger partial charge < -0.3 is 19.6 Å². The van der Waals surface area contributed by atoms with Crippen molar-refractivity contribution in [1.29, 1.82) is 0 Å². The third-order valence-electron chi connectivity index (χ3n) is 5.10. The summed E-state index contributed by atoms with van der Waals surface area (Å²) >= 11 is 0. The second-order valence-electron chi connectivity index (χ2n) is 6.78. The molecule has 2 fully saturated rings. The van der Waals surface area contributed by atoms with Gasteiger partial charge in [-0.15, -0.1) is 0 Å². The highest BCUT2D eigenvalue weighted by molar-refractivity contribution is 5.80. The van der Waals surface area contributed by atoms with Crippen LogP contribution in [0.4, 0.5) is 0 Å². The number of aliphatic hydroxyl groups is 1. The molecule has 0 aromatic heterocycles. The average Bonchev–Trinajstić information content (AvgIpc) is 2.97. The number of hydrogen-bond donors (Lipinski definition) is 1. The van der Waals surface area contributed by atoms with Gasteiger partial charge in [0, 0.05) is 33.2 Å². The van der Waals surface area contributed by atoms with Crippen LogP contribution in [-0.2, 0) is 14.3 Å². The molecule has 0 saturated carbocycles. The minimum Gasteiger partial charge on any atom is -0.394 e. The molecule has 2 amide bonds. The summed E-state index contributed by atoms with van der Waals surface area (Å²) in [7, 11) is 0. The molecule has 0 bridgehead atoms. The van der Waals surface area contributed by atoms with E-state index in [1.165, 1.54) is 6.92 Å². The molecular weight excluding hydrogens is 296 g/mol. The number of ether oxygens (including phenoxy) is 1. The summed E-state index contributed by atoms with van der Waals surface area (Å²) < 4.78 is 5.75. The summed E-state index contributed by atoms with van der Waals surface area (Å²) in [6.07, 6.45) is 4.78. The van der Waals surface area contributed by atoms with Crippen LogP contribution in [0.3, 0.4) is 0 Å². The second kappa shape index (κ2) is 8.11. The summed E-state index contributed by atoms with van der Waals surface area (Å²) in [6.45, 7) is 6.28. The quantitative estimate of drug-likeness (QED) is 0.795. The summed E-state index contributed by atoms with van der Waals surface area (Å²) in [5.74, 6) is -0.0165. The average molecular weight is 326 g/mol. The van der Waals surface area contributed by atoms with Crippen LogP contribution in [0.1, 0.15) is 52.4 Å². The minimum absolute atomic E-state index is 0.0427. The van der Waals surface area contributed by atoms with E-state index < -0.39 is 5.54 Å². The third kappa shape index (κ3) is 4.23. The number of rotatable bonds is 6. The monoisotopic (exact) mass is 326 g/mol. The van der Waals surface area contributed by atoms with Crippen molar-refractivity contribution in [2.75, 3.05) is 32.8 Å². The first-order valence-corrected chi connectivity index (χ1v) is 8.81. The summed E-state index contributed by atoms with van der Waals surface area (Å²) in [4.78, 5) is 28.0. The molecule has 132 valence electrons. The number of likely N-dealkylation sites (tertiary alicyclic amines) is 2. The number of nitrogens with zero attached hydrogens (tertiary/aromatic N) is 2. The molecular formula is C17H30N2O4. The SMILES string of the molecule is CCCOC1CCN(C(=O)CC2(CO)CCCN2C(C)=O)CC1. The van der Waals surface area contributed by atoms with E-state index >= 15 is 0 Å². The minimum atomic E-state index is -0.696. The van der Waals surface area contributed by atoms with E-state index in [4.69, 9.17) is 4.74 Å². The summed E-state index contributed by atoms with van der Waals surface area (Å²) in [6, 6.07) is 0. The normalized spacial score (nSPS) is 25.9. The van der Waals surface area contributed by atoms with Gasteiger partial charge in [-0.25, -0.2) is 0 Å². The Balaban J connectivity index is 1.90. The standard InChI is InChI=1S/C17H30N2O4/c1-3-11-23-15-5-9-18(10-6-15)16(22)12-17(13-20)7-4-8-19(17)14(2)21/h15,20H,3-13H2,1-2H3. The fourth-order valence-electron chi connectivity index (χ4n) is 3.78. The number of aliphatic hydroxyl groups excluding tert-OH is 1. The molecule has 1 unspecified atom stereocenters. The Labute approximate surface area is 138 Å². The van der Waals surface area contributed by atoms with Gasteiger partial charge in [0.15, 0.2) is 0 Å². The maximum Gasteiger partial charge on any atom is 0.225 e. The maximum absolute atomic E-state index is 12.6. The Morgan fingerprint density at radius 1 is 1.26 bits per heavy atom. The van der Waals surface area contributed by atoms with Gasteiger partial charge in [0.2, 0.25) is 11.8 Å². The predicted molar refractivity (Wildman–Crippen MR) is 86.9 cm³/mol. The molecule has 6 nitrogen and oxygen atoms in total. The molecule has 2 rings (SSSR count). The highest BCUT2D eigenvalue weighted by atomic mass is 16.5. The van der Waals surface area contributed by atoms with Gasteiger partial charge in [-0.2, -0.15) is 0 Å². The van der Waals surface area contributed by atoms with Crippen molar-refractivity contribution in [3.05, 3.63) is 0 Å². The molecule has 23 heavy (non-hydrogen) atoms. The third-order valence-corrected chi connectivity index (χ3v) is 5.10.